The van der Waals surface area contributed by atoms with Gasteiger partial charge in [-0.3, -0.25) is 4.79 Å². The zero-order valence-corrected chi connectivity index (χ0v) is 21.4. The Labute approximate surface area is 217 Å². The van der Waals surface area contributed by atoms with Crippen molar-refractivity contribution in [1.29, 1.82) is 0 Å². The maximum atomic E-state index is 13.3. The molecule has 0 heterocycles. The first-order valence-electron chi connectivity index (χ1n) is 10.7. The summed E-state index contributed by atoms with van der Waals surface area (Å²) < 4.78 is 6.82. The van der Waals surface area contributed by atoms with Crippen molar-refractivity contribution in [2.75, 3.05) is 0 Å². The molecule has 0 fully saturated rings. The molecule has 2 nitrogen and oxygen atoms in total. The summed E-state index contributed by atoms with van der Waals surface area (Å²) in [5.74, 6) is 1.42. The van der Waals surface area contributed by atoms with Gasteiger partial charge in [0, 0.05) is 20.8 Å². The van der Waals surface area contributed by atoms with Crippen LogP contribution in [0, 0.1) is 0 Å². The van der Waals surface area contributed by atoms with Crippen LogP contribution in [0.15, 0.2) is 113 Å². The van der Waals surface area contributed by atoms with Gasteiger partial charge >= 0.3 is 0 Å². The first-order valence-corrected chi connectivity index (χ1v) is 12.9. The second-order valence-corrected chi connectivity index (χ2v) is 9.98. The van der Waals surface area contributed by atoms with Gasteiger partial charge in [-0.1, -0.05) is 82.1 Å². The van der Waals surface area contributed by atoms with Gasteiger partial charge in [-0.05, 0) is 71.3 Å². The highest BCUT2D eigenvalue weighted by molar-refractivity contribution is 9.10. The van der Waals surface area contributed by atoms with Crippen LogP contribution in [-0.2, 0) is 12.4 Å². The Kier molecular flexibility index (Phi) is 8.64. The molecule has 34 heavy (non-hydrogen) atoms. The lowest BCUT2D eigenvalue weighted by Crippen LogP contribution is -2.01. The van der Waals surface area contributed by atoms with Gasteiger partial charge < -0.3 is 4.74 Å². The van der Waals surface area contributed by atoms with Crippen molar-refractivity contribution in [2.24, 2.45) is 0 Å². The zero-order valence-electron chi connectivity index (χ0n) is 18.3. The highest BCUT2D eigenvalue weighted by Crippen LogP contribution is 2.29. The third-order valence-corrected chi connectivity index (χ3v) is 6.90. The minimum Gasteiger partial charge on any atom is -0.489 e. The van der Waals surface area contributed by atoms with Crippen LogP contribution in [0.3, 0.4) is 0 Å². The van der Waals surface area contributed by atoms with Gasteiger partial charge in [0.15, 0.2) is 5.78 Å². The molecule has 0 unspecified atom stereocenters. The minimum absolute atomic E-state index is 0.0102. The summed E-state index contributed by atoms with van der Waals surface area (Å²) in [5, 5.41) is 0.689. The average Bonchev–Trinajstić information content (AvgIpc) is 2.87. The number of carbonyl (C=O) groups is 1. The third-order valence-electron chi connectivity index (χ3n) is 5.04. The normalized spacial score (nSPS) is 11.3. The molecule has 4 rings (SSSR count). The highest BCUT2D eigenvalue weighted by atomic mass is 79.9. The predicted molar refractivity (Wildman–Crippen MR) is 146 cm³/mol. The molecule has 0 bridgehead atoms. The van der Waals surface area contributed by atoms with Crippen molar-refractivity contribution in [1.82, 2.24) is 0 Å². The van der Waals surface area contributed by atoms with Gasteiger partial charge in [-0.25, -0.2) is 0 Å². The van der Waals surface area contributed by atoms with Gasteiger partial charge in [0.2, 0.25) is 0 Å². The van der Waals surface area contributed by atoms with E-state index < -0.39 is 0 Å². The Balaban J connectivity index is 1.52. The smallest absolute Gasteiger partial charge is 0.199 e. The second-order valence-electron chi connectivity index (χ2n) is 7.61. The molecular weight excluding hydrogens is 528 g/mol. The van der Waals surface area contributed by atoms with E-state index in [0.29, 0.717) is 27.9 Å². The Hall–Kier alpha value is -2.79. The van der Waals surface area contributed by atoms with Crippen molar-refractivity contribution in [3.63, 3.8) is 0 Å². The van der Waals surface area contributed by atoms with Crippen LogP contribution in [0.1, 0.15) is 27.0 Å². The first kappa shape index (κ1) is 24.3. The van der Waals surface area contributed by atoms with Gasteiger partial charge in [0.05, 0.1) is 4.91 Å². The summed E-state index contributed by atoms with van der Waals surface area (Å²) >= 11 is 11.1. The van der Waals surface area contributed by atoms with Crippen LogP contribution in [0.25, 0.3) is 6.08 Å². The number of rotatable bonds is 9. The first-order chi connectivity index (χ1) is 16.6. The molecule has 0 saturated carbocycles. The van der Waals surface area contributed by atoms with Crippen LogP contribution >= 0.6 is 39.3 Å². The van der Waals surface area contributed by atoms with Crippen LogP contribution in [0.5, 0.6) is 5.75 Å². The molecule has 5 heteroatoms. The number of thioether (sulfide) groups is 1. The average molecular weight is 550 g/mol. The summed E-state index contributed by atoms with van der Waals surface area (Å²) in [6.45, 7) is 0.513. The molecule has 4 aromatic carbocycles. The van der Waals surface area contributed by atoms with E-state index >= 15 is 0 Å². The largest absolute Gasteiger partial charge is 0.489 e. The van der Waals surface area contributed by atoms with Crippen molar-refractivity contribution >= 4 is 51.2 Å². The molecule has 0 aliphatic rings. The fourth-order valence-electron chi connectivity index (χ4n) is 3.26. The summed E-state index contributed by atoms with van der Waals surface area (Å²) in [6.07, 6.45) is 1.93. The number of Topliss-reactive ketones (excluding diaryl/α,β-unsaturated/α-hetero) is 1. The van der Waals surface area contributed by atoms with E-state index in [4.69, 9.17) is 16.3 Å². The van der Waals surface area contributed by atoms with Gasteiger partial charge in [-0.15, -0.1) is 11.8 Å². The fraction of sp³-hybridized carbons (Fsp3) is 0.0690. The van der Waals surface area contributed by atoms with Crippen LogP contribution < -0.4 is 4.74 Å². The third kappa shape index (κ3) is 7.10. The second kappa shape index (κ2) is 12.1. The summed E-state index contributed by atoms with van der Waals surface area (Å²) in [5.41, 5.74) is 3.77. The molecule has 0 saturated heterocycles. The molecule has 0 spiro atoms. The summed E-state index contributed by atoms with van der Waals surface area (Å²) in [6, 6.07) is 33.0. The summed E-state index contributed by atoms with van der Waals surface area (Å²) in [7, 11) is 0. The molecule has 170 valence electrons. The van der Waals surface area contributed by atoms with Crippen LogP contribution in [0.2, 0.25) is 5.02 Å². The molecule has 0 atom stereocenters. The molecular formula is C29H22BrClO2S. The number of hydrogen-bond donors (Lipinski definition) is 0. The molecule has 0 aliphatic heterocycles. The number of ketones is 1. The van der Waals surface area contributed by atoms with Gasteiger partial charge in [-0.2, -0.15) is 0 Å². The predicted octanol–water partition coefficient (Wildman–Crippen LogP) is 8.84. The summed E-state index contributed by atoms with van der Waals surface area (Å²) in [4.78, 5) is 14.0. The Bertz CT molecular complexity index is 1270. The van der Waals surface area contributed by atoms with E-state index in [9.17, 15) is 4.79 Å². The minimum atomic E-state index is -0.0102. The Morgan fingerprint density at radius 1 is 0.853 bits per heavy atom. The van der Waals surface area contributed by atoms with E-state index in [-0.39, 0.29) is 5.78 Å². The number of carbonyl (C=O) groups excluding carboxylic acids is 1. The standard InChI is InChI=1S/C29H22BrClO2S/c30-25-13-11-24(12-14-25)29(32)28(34-20-23-7-4-8-26(31)17-23)18-21-9-15-27(16-10-21)33-19-22-5-2-1-3-6-22/h1-18H,19-20H2/b28-18+. The Morgan fingerprint density at radius 3 is 2.26 bits per heavy atom. The van der Waals surface area contributed by atoms with E-state index in [1.807, 2.05) is 109 Å². The van der Waals surface area contributed by atoms with E-state index in [0.717, 1.165) is 26.9 Å². The van der Waals surface area contributed by atoms with Gasteiger partial charge in [0.1, 0.15) is 12.4 Å². The SMILES string of the molecule is O=C(/C(=C\c1ccc(OCc2ccccc2)cc1)SCc1cccc(Cl)c1)c1ccc(Br)cc1. The Morgan fingerprint density at radius 2 is 1.56 bits per heavy atom. The number of halogens is 2. The highest BCUT2D eigenvalue weighted by Gasteiger charge is 2.14. The van der Waals surface area contributed by atoms with E-state index in [1.165, 1.54) is 11.8 Å². The number of allylic oxidation sites excluding steroid dienone is 1. The monoisotopic (exact) mass is 548 g/mol. The quantitative estimate of drug-likeness (QED) is 0.154. The van der Waals surface area contributed by atoms with Crippen LogP contribution in [0.4, 0.5) is 0 Å². The lowest BCUT2D eigenvalue weighted by molar-refractivity contribution is 0.104. The number of benzene rings is 4. The molecule has 0 aliphatic carbocycles. The van der Waals surface area contributed by atoms with Crippen molar-refractivity contribution in [3.8, 4) is 5.75 Å². The van der Waals surface area contributed by atoms with E-state index in [2.05, 4.69) is 15.9 Å². The lowest BCUT2D eigenvalue weighted by atomic mass is 10.1. The molecule has 0 N–H and O–H groups in total. The zero-order chi connectivity index (χ0) is 23.8. The van der Waals surface area contributed by atoms with Crippen molar-refractivity contribution < 1.29 is 9.53 Å². The number of hydrogen-bond acceptors (Lipinski definition) is 3. The molecule has 4 aromatic rings. The lowest BCUT2D eigenvalue weighted by Gasteiger charge is -2.09. The maximum Gasteiger partial charge on any atom is 0.199 e. The number of ether oxygens (including phenoxy) is 1. The molecule has 0 radical (unpaired) electrons. The van der Waals surface area contributed by atoms with Crippen LogP contribution in [-0.4, -0.2) is 5.78 Å². The van der Waals surface area contributed by atoms with Crippen molar-refractivity contribution in [3.05, 3.63) is 140 Å². The van der Waals surface area contributed by atoms with Crippen molar-refractivity contribution in [2.45, 2.75) is 12.4 Å². The topological polar surface area (TPSA) is 26.3 Å². The van der Waals surface area contributed by atoms with E-state index in [1.54, 1.807) is 0 Å². The fourth-order valence-corrected chi connectivity index (χ4v) is 4.70. The molecule has 0 aromatic heterocycles. The van der Waals surface area contributed by atoms with Gasteiger partial charge in [0.25, 0.3) is 0 Å². The maximum absolute atomic E-state index is 13.3. The molecule has 0 amide bonds.